The second-order valence-electron chi connectivity index (χ2n) is 9.86. The van der Waals surface area contributed by atoms with Gasteiger partial charge in [0.2, 0.25) is 5.91 Å². The van der Waals surface area contributed by atoms with E-state index in [0.717, 1.165) is 11.1 Å². The number of rotatable bonds is 12. The van der Waals surface area contributed by atoms with Crippen LogP contribution < -0.4 is 5.32 Å². The molecule has 1 unspecified atom stereocenters. The molecule has 3 rings (SSSR count). The standard InChI is InChI=1S/C27H39NO6Si/c1-5-12-23(29)28-24-26(31-17-20-13-8-6-9-14-20)25(30)22(19-33-35(2,3)4)34-27(24)32-18-21-15-10-7-11-16-21/h6-11,13-16,22,24-27,30H,5,12,17-19H2,1-4H3,(H,28,29)/t22-,24-,25-,26-,27?/m1/s1. The van der Waals surface area contributed by atoms with E-state index >= 15 is 0 Å². The normalized spacial score (nSPS) is 24.8. The van der Waals surface area contributed by atoms with Crippen LogP contribution in [0.25, 0.3) is 0 Å². The van der Waals surface area contributed by atoms with Gasteiger partial charge in [-0.3, -0.25) is 4.79 Å². The molecular formula is C27H39NO6Si. The molecule has 1 amide bonds. The van der Waals surface area contributed by atoms with E-state index in [1.165, 1.54) is 0 Å². The smallest absolute Gasteiger partial charge is 0.220 e. The molecule has 0 saturated carbocycles. The maximum Gasteiger partial charge on any atom is 0.220 e. The first-order chi connectivity index (χ1) is 16.8. The predicted octanol–water partition coefficient (Wildman–Crippen LogP) is 4.01. The lowest BCUT2D eigenvalue weighted by atomic mass is 9.96. The number of ether oxygens (including phenoxy) is 3. The van der Waals surface area contributed by atoms with Crippen LogP contribution >= 0.6 is 0 Å². The van der Waals surface area contributed by atoms with E-state index in [1.54, 1.807) is 0 Å². The predicted molar refractivity (Wildman–Crippen MR) is 137 cm³/mol. The Balaban J connectivity index is 1.83. The topological polar surface area (TPSA) is 86.3 Å². The summed E-state index contributed by atoms with van der Waals surface area (Å²) in [4.78, 5) is 12.6. The van der Waals surface area contributed by atoms with Crippen molar-refractivity contribution in [2.45, 2.75) is 83.3 Å². The Morgan fingerprint density at radius 3 is 2.09 bits per heavy atom. The molecule has 1 saturated heterocycles. The van der Waals surface area contributed by atoms with E-state index in [2.05, 4.69) is 25.0 Å². The summed E-state index contributed by atoms with van der Waals surface area (Å²) in [6.07, 6.45) is -2.12. The van der Waals surface area contributed by atoms with Crippen molar-refractivity contribution in [3.05, 3.63) is 71.8 Å². The highest BCUT2D eigenvalue weighted by molar-refractivity contribution is 6.69. The van der Waals surface area contributed by atoms with Gasteiger partial charge in [0.05, 0.1) is 19.8 Å². The number of carbonyl (C=O) groups excluding carboxylic acids is 1. The average Bonchev–Trinajstić information content (AvgIpc) is 2.83. The summed E-state index contributed by atoms with van der Waals surface area (Å²) in [7, 11) is -1.85. The molecule has 1 fully saturated rings. The van der Waals surface area contributed by atoms with Crippen molar-refractivity contribution in [1.82, 2.24) is 5.32 Å². The minimum absolute atomic E-state index is 0.133. The molecule has 2 N–H and O–H groups in total. The molecule has 5 atom stereocenters. The fraction of sp³-hybridized carbons (Fsp3) is 0.519. The third-order valence-corrected chi connectivity index (χ3v) is 6.73. The molecule has 0 aromatic heterocycles. The molecule has 0 aliphatic carbocycles. The van der Waals surface area contributed by atoms with Gasteiger partial charge in [-0.15, -0.1) is 0 Å². The summed E-state index contributed by atoms with van der Waals surface area (Å²) in [6, 6.07) is 18.8. The molecule has 2 aromatic rings. The quantitative estimate of drug-likeness (QED) is 0.428. The van der Waals surface area contributed by atoms with Crippen LogP contribution in [0.3, 0.4) is 0 Å². The minimum Gasteiger partial charge on any atom is -0.415 e. The van der Waals surface area contributed by atoms with E-state index in [4.69, 9.17) is 18.6 Å². The van der Waals surface area contributed by atoms with Crippen molar-refractivity contribution in [1.29, 1.82) is 0 Å². The van der Waals surface area contributed by atoms with Crippen LogP contribution in [0, 0.1) is 0 Å². The van der Waals surface area contributed by atoms with E-state index in [-0.39, 0.29) is 19.1 Å². The largest absolute Gasteiger partial charge is 0.415 e. The lowest BCUT2D eigenvalue weighted by Gasteiger charge is -2.45. The second-order valence-corrected chi connectivity index (χ2v) is 14.4. The van der Waals surface area contributed by atoms with Crippen LogP contribution in [0.1, 0.15) is 30.9 Å². The monoisotopic (exact) mass is 501 g/mol. The first-order valence-electron chi connectivity index (χ1n) is 12.3. The molecular weight excluding hydrogens is 462 g/mol. The Labute approximate surface area is 209 Å². The Bertz CT molecular complexity index is 892. The Morgan fingerprint density at radius 2 is 1.54 bits per heavy atom. The molecule has 1 aliphatic rings. The highest BCUT2D eigenvalue weighted by Gasteiger charge is 2.47. The summed E-state index contributed by atoms with van der Waals surface area (Å²) < 4.78 is 24.7. The average molecular weight is 502 g/mol. The Hall–Kier alpha value is -2.07. The van der Waals surface area contributed by atoms with Crippen molar-refractivity contribution in [3.8, 4) is 0 Å². The number of aliphatic hydroxyl groups excluding tert-OH is 1. The Morgan fingerprint density at radius 1 is 0.971 bits per heavy atom. The zero-order valence-electron chi connectivity index (χ0n) is 21.2. The molecule has 0 bridgehead atoms. The number of aliphatic hydroxyl groups is 1. The van der Waals surface area contributed by atoms with Crippen molar-refractivity contribution in [2.75, 3.05) is 6.61 Å². The lowest BCUT2D eigenvalue weighted by molar-refractivity contribution is -0.280. The van der Waals surface area contributed by atoms with Crippen molar-refractivity contribution in [2.24, 2.45) is 0 Å². The third kappa shape index (κ3) is 8.82. The Kier molecular flexibility index (Phi) is 10.5. The number of amides is 1. The van der Waals surface area contributed by atoms with Crippen molar-refractivity contribution >= 4 is 14.2 Å². The van der Waals surface area contributed by atoms with E-state index < -0.39 is 39.0 Å². The zero-order chi connectivity index (χ0) is 25.3. The molecule has 1 aliphatic heterocycles. The van der Waals surface area contributed by atoms with Gasteiger partial charge in [0, 0.05) is 6.42 Å². The first kappa shape index (κ1) is 27.5. The number of nitrogens with one attached hydrogen (secondary N) is 1. The van der Waals surface area contributed by atoms with E-state index in [9.17, 15) is 9.90 Å². The lowest BCUT2D eigenvalue weighted by Crippen LogP contribution is -2.65. The summed E-state index contributed by atoms with van der Waals surface area (Å²) in [5.41, 5.74) is 1.96. The van der Waals surface area contributed by atoms with Gasteiger partial charge >= 0.3 is 0 Å². The molecule has 0 radical (unpaired) electrons. The highest BCUT2D eigenvalue weighted by atomic mass is 28.4. The highest BCUT2D eigenvalue weighted by Crippen LogP contribution is 2.27. The zero-order valence-corrected chi connectivity index (χ0v) is 22.2. The van der Waals surface area contributed by atoms with Gasteiger partial charge in [-0.2, -0.15) is 0 Å². The van der Waals surface area contributed by atoms with Gasteiger partial charge in [0.25, 0.3) is 0 Å². The van der Waals surface area contributed by atoms with Crippen molar-refractivity contribution in [3.63, 3.8) is 0 Å². The maximum atomic E-state index is 12.6. The summed E-state index contributed by atoms with van der Waals surface area (Å²) in [5, 5.41) is 14.3. The molecule has 7 nitrogen and oxygen atoms in total. The third-order valence-electron chi connectivity index (χ3n) is 5.70. The molecule has 35 heavy (non-hydrogen) atoms. The molecule has 0 spiro atoms. The number of benzene rings is 2. The van der Waals surface area contributed by atoms with Crippen LogP contribution in [-0.2, 0) is 36.6 Å². The molecule has 192 valence electrons. The van der Waals surface area contributed by atoms with Gasteiger partial charge in [0.15, 0.2) is 14.6 Å². The number of hydrogen-bond donors (Lipinski definition) is 2. The molecule has 2 aromatic carbocycles. The number of hydrogen-bond acceptors (Lipinski definition) is 6. The summed E-state index contributed by atoms with van der Waals surface area (Å²) in [5.74, 6) is -0.133. The SMILES string of the molecule is CCCC(=O)N[C@H]1C(OCc2ccccc2)O[C@H](CO[Si](C)(C)C)[C@@H](O)[C@@H]1OCc1ccccc1. The van der Waals surface area contributed by atoms with E-state index in [1.807, 2.05) is 67.6 Å². The molecule has 1 heterocycles. The van der Waals surface area contributed by atoms with Crippen LogP contribution in [0.4, 0.5) is 0 Å². The first-order valence-corrected chi connectivity index (χ1v) is 15.8. The van der Waals surface area contributed by atoms with Gasteiger partial charge in [-0.1, -0.05) is 67.6 Å². The fourth-order valence-corrected chi connectivity index (χ4v) is 4.55. The van der Waals surface area contributed by atoms with Crippen LogP contribution in [0.2, 0.25) is 19.6 Å². The van der Waals surface area contributed by atoms with Crippen LogP contribution in [0.15, 0.2) is 60.7 Å². The second kappa shape index (κ2) is 13.3. The van der Waals surface area contributed by atoms with Crippen LogP contribution in [0.5, 0.6) is 0 Å². The van der Waals surface area contributed by atoms with E-state index in [0.29, 0.717) is 19.4 Å². The maximum absolute atomic E-state index is 12.6. The van der Waals surface area contributed by atoms with Gasteiger partial charge < -0.3 is 29.1 Å². The van der Waals surface area contributed by atoms with Crippen molar-refractivity contribution < 1.29 is 28.5 Å². The fourth-order valence-electron chi connectivity index (χ4n) is 3.89. The van der Waals surface area contributed by atoms with Crippen LogP contribution in [-0.4, -0.2) is 56.6 Å². The number of carbonyl (C=O) groups is 1. The molecule has 8 heteroatoms. The summed E-state index contributed by atoms with van der Waals surface area (Å²) in [6.45, 7) is 9.02. The van der Waals surface area contributed by atoms with Gasteiger partial charge in [0.1, 0.15) is 24.4 Å². The minimum atomic E-state index is -1.85. The van der Waals surface area contributed by atoms with Gasteiger partial charge in [-0.25, -0.2) is 0 Å². The summed E-state index contributed by atoms with van der Waals surface area (Å²) >= 11 is 0. The van der Waals surface area contributed by atoms with Gasteiger partial charge in [-0.05, 0) is 37.2 Å².